The summed E-state index contributed by atoms with van der Waals surface area (Å²) in [5.74, 6) is 0. The summed E-state index contributed by atoms with van der Waals surface area (Å²) >= 11 is 0. The van der Waals surface area contributed by atoms with Crippen LogP contribution in [0.4, 0.5) is 0 Å². The number of ether oxygens (including phenoxy) is 13. The van der Waals surface area contributed by atoms with E-state index in [1.165, 1.54) is 0 Å². The van der Waals surface area contributed by atoms with Gasteiger partial charge in [-0.2, -0.15) is 0 Å². The molecular formula is C36H58O29. The van der Waals surface area contributed by atoms with Crippen LogP contribution >= 0.6 is 0 Å². The van der Waals surface area contributed by atoms with E-state index in [4.69, 9.17) is 61.6 Å². The van der Waals surface area contributed by atoms with Gasteiger partial charge < -0.3 is 143 Å². The van der Waals surface area contributed by atoms with E-state index in [2.05, 4.69) is 0 Å². The molecule has 16 rings (SSSR count). The quantitative estimate of drug-likeness (QED) is 0.118. The molecule has 30 atom stereocenters. The highest BCUT2D eigenvalue weighted by Gasteiger charge is 2.61. The summed E-state index contributed by atoms with van der Waals surface area (Å²) in [6, 6.07) is 0. The van der Waals surface area contributed by atoms with Crippen molar-refractivity contribution in [2.45, 2.75) is 184 Å². The molecule has 376 valence electrons. The summed E-state index contributed by atoms with van der Waals surface area (Å²) in [4.78, 5) is 0. The maximum atomic E-state index is 11.7. The third kappa shape index (κ3) is 9.22. The van der Waals surface area contributed by atoms with Crippen molar-refractivity contribution in [2.24, 2.45) is 0 Å². The summed E-state index contributed by atoms with van der Waals surface area (Å²) in [5, 5.41) is 175. The van der Waals surface area contributed by atoms with Crippen molar-refractivity contribution in [3.8, 4) is 0 Å². The van der Waals surface area contributed by atoms with Crippen molar-refractivity contribution < 1.29 is 143 Å². The Morgan fingerprint density at radius 1 is 0.185 bits per heavy atom. The van der Waals surface area contributed by atoms with E-state index >= 15 is 0 Å². The second-order valence-corrected chi connectivity index (χ2v) is 16.9. The minimum atomic E-state index is -2.12. The van der Waals surface area contributed by atoms with E-state index in [9.17, 15) is 81.7 Å². The van der Waals surface area contributed by atoms with E-state index in [1.54, 1.807) is 0 Å². The van der Waals surface area contributed by atoms with Crippen LogP contribution in [0.2, 0.25) is 0 Å². The van der Waals surface area contributed by atoms with Gasteiger partial charge in [0, 0.05) is 0 Å². The van der Waals surface area contributed by atoms with Gasteiger partial charge in [0.05, 0.1) is 39.6 Å². The maximum absolute atomic E-state index is 11.7. The molecule has 0 saturated carbocycles. The molecule has 16 saturated heterocycles. The highest BCUT2D eigenvalue weighted by Crippen LogP contribution is 2.41. The molecular weight excluding hydrogens is 896 g/mol. The topological polar surface area (TPSA) is 444 Å². The average molecular weight is 955 g/mol. The predicted molar refractivity (Wildman–Crippen MR) is 192 cm³/mol. The highest BCUT2D eigenvalue weighted by molar-refractivity contribution is 5.03. The van der Waals surface area contributed by atoms with Crippen LogP contribution in [0.5, 0.6) is 0 Å². The second-order valence-electron chi connectivity index (χ2n) is 16.9. The first-order chi connectivity index (χ1) is 31.1. The standard InChI is InChI=1S/C36H58O29/c37-1-7-23-13(43)18(48)32(54-7)62-25-9(3-39)56-34(20(50)15(25)45)64-27-11(5-41)58-36-30(21(27)51)59-29-22(52)35(57-12(6-42)28(29)65-36)63-26-10(4-40)55-33(19(49)16(26)46)61-24-8(2-38)53-31(60-23)17(47)14(24)44/h7-52H,1-6H2. The van der Waals surface area contributed by atoms with Gasteiger partial charge in [-0.15, -0.1) is 0 Å². The van der Waals surface area contributed by atoms with Gasteiger partial charge in [-0.3, -0.25) is 0 Å². The summed E-state index contributed by atoms with van der Waals surface area (Å²) in [6.07, 6.45) is -54.3. The Labute approximate surface area is 367 Å². The molecule has 0 aromatic heterocycles. The third-order valence-electron chi connectivity index (χ3n) is 12.9. The van der Waals surface area contributed by atoms with Crippen molar-refractivity contribution in [2.75, 3.05) is 39.6 Å². The van der Waals surface area contributed by atoms with Gasteiger partial charge in [-0.25, -0.2) is 0 Å². The summed E-state index contributed by atoms with van der Waals surface area (Å²) in [5.41, 5.74) is 0. The zero-order valence-corrected chi connectivity index (χ0v) is 34.0. The molecule has 16 aliphatic heterocycles. The lowest BCUT2D eigenvalue weighted by molar-refractivity contribution is -0.432. The number of hydrogen-bond acceptors (Lipinski definition) is 29. The Bertz CT molecular complexity index is 1530. The second kappa shape index (κ2) is 20.7. The van der Waals surface area contributed by atoms with Crippen molar-refractivity contribution in [1.82, 2.24) is 0 Å². The fourth-order valence-electron chi connectivity index (χ4n) is 9.38. The van der Waals surface area contributed by atoms with E-state index in [0.717, 1.165) is 0 Å². The van der Waals surface area contributed by atoms with Crippen LogP contribution in [0.1, 0.15) is 0 Å². The molecule has 29 heteroatoms. The number of hydrogen-bond donors (Lipinski definition) is 16. The molecule has 0 amide bonds. The van der Waals surface area contributed by atoms with E-state index in [-0.39, 0.29) is 0 Å². The van der Waals surface area contributed by atoms with Crippen LogP contribution in [0.15, 0.2) is 0 Å². The van der Waals surface area contributed by atoms with Crippen molar-refractivity contribution in [3.05, 3.63) is 0 Å². The molecule has 16 heterocycles. The molecule has 30 unspecified atom stereocenters. The molecule has 0 radical (unpaired) electrons. The van der Waals surface area contributed by atoms with Gasteiger partial charge in [0.1, 0.15) is 146 Å². The molecule has 0 spiro atoms. The smallest absolute Gasteiger partial charge is 0.187 e. The van der Waals surface area contributed by atoms with E-state index in [1.807, 2.05) is 0 Å². The molecule has 65 heavy (non-hydrogen) atoms. The molecule has 29 nitrogen and oxygen atoms in total. The van der Waals surface area contributed by atoms with Crippen LogP contribution in [-0.4, -0.2) is 306 Å². The zero-order valence-electron chi connectivity index (χ0n) is 34.0. The minimum Gasteiger partial charge on any atom is -0.394 e. The van der Waals surface area contributed by atoms with Crippen LogP contribution in [0.25, 0.3) is 0 Å². The van der Waals surface area contributed by atoms with Gasteiger partial charge in [-0.1, -0.05) is 0 Å². The van der Waals surface area contributed by atoms with Crippen molar-refractivity contribution >= 4 is 0 Å². The van der Waals surface area contributed by atoms with Crippen LogP contribution in [0.3, 0.4) is 0 Å². The predicted octanol–water partition coefficient (Wildman–Crippen LogP) is -12.0. The van der Waals surface area contributed by atoms with Gasteiger partial charge in [0.25, 0.3) is 0 Å². The zero-order chi connectivity index (χ0) is 46.8. The largest absolute Gasteiger partial charge is 0.394 e. The number of aliphatic hydroxyl groups excluding tert-OH is 16. The highest BCUT2D eigenvalue weighted by atomic mass is 16.8. The lowest BCUT2D eigenvalue weighted by atomic mass is 9.92. The van der Waals surface area contributed by atoms with E-state index in [0.29, 0.717) is 0 Å². The summed E-state index contributed by atoms with van der Waals surface area (Å²) in [6.45, 7) is -5.52. The number of rotatable bonds is 6. The SMILES string of the molecule is OCC1OC2OC3C(CO)OC(OC4C(CO)OC5OC6C(CO)OC(OC7C(CO)OC(OC8C(CO)OC(OC1C(O)C2O)C(O)C8O)C(O)C7O)C(O)C6OC5C4O)C(O)C3O. The Balaban J connectivity index is 1.12. The fraction of sp³-hybridized carbons (Fsp3) is 1.00. The lowest BCUT2D eigenvalue weighted by Gasteiger charge is -2.55. The normalized spacial score (nSPS) is 56.5. The summed E-state index contributed by atoms with van der Waals surface area (Å²) in [7, 11) is 0. The maximum Gasteiger partial charge on any atom is 0.187 e. The van der Waals surface area contributed by atoms with Crippen LogP contribution in [-0.2, 0) is 61.6 Å². The molecule has 0 aromatic rings. The molecule has 0 aliphatic carbocycles. The molecule has 16 N–H and O–H groups in total. The fourth-order valence-corrected chi connectivity index (χ4v) is 9.38. The van der Waals surface area contributed by atoms with Gasteiger partial charge >= 0.3 is 0 Å². The Morgan fingerprint density at radius 3 is 0.708 bits per heavy atom. The first-order valence-electron chi connectivity index (χ1n) is 21.1. The average Bonchev–Trinajstić information content (AvgIpc) is 3.30. The minimum absolute atomic E-state index is 0.807. The molecule has 0 aromatic carbocycles. The molecule has 16 aliphatic rings. The summed E-state index contributed by atoms with van der Waals surface area (Å²) < 4.78 is 75.4. The Morgan fingerprint density at radius 2 is 0.415 bits per heavy atom. The van der Waals surface area contributed by atoms with Crippen LogP contribution in [0, 0.1) is 0 Å². The first-order valence-corrected chi connectivity index (χ1v) is 21.1. The molecule has 12 bridgehead atoms. The van der Waals surface area contributed by atoms with Crippen molar-refractivity contribution in [3.63, 3.8) is 0 Å². The van der Waals surface area contributed by atoms with Gasteiger partial charge in [0.2, 0.25) is 0 Å². The van der Waals surface area contributed by atoms with Crippen molar-refractivity contribution in [1.29, 1.82) is 0 Å². The third-order valence-corrected chi connectivity index (χ3v) is 12.9. The first kappa shape index (κ1) is 50.2. The Kier molecular flexibility index (Phi) is 16.0. The lowest BCUT2D eigenvalue weighted by Crippen LogP contribution is -2.73. The number of aliphatic hydroxyl groups is 16. The van der Waals surface area contributed by atoms with Gasteiger partial charge in [0.15, 0.2) is 37.7 Å². The van der Waals surface area contributed by atoms with Crippen LogP contribution < -0.4 is 0 Å². The van der Waals surface area contributed by atoms with E-state index < -0.39 is 224 Å². The van der Waals surface area contributed by atoms with Gasteiger partial charge in [-0.05, 0) is 0 Å². The molecule has 16 fully saturated rings. The Hall–Kier alpha value is -1.16. The monoisotopic (exact) mass is 954 g/mol.